The molecule has 25 heavy (non-hydrogen) atoms. The standard InChI is InChI=1S/C16H18N2O6S/c1-16(2)12(15(21)22)18-13(20)11(14(18)25(16,23)24)17-10(19)8-9-6-4-3-5-7-9/h3-7,11-12,14H,8H2,1-2H3,(H,17,19)(H,21,22)/p-1/t11-,12+,14-/m0/s1. The predicted molar refractivity (Wildman–Crippen MR) is 84.5 cm³/mol. The van der Waals surface area contributed by atoms with Crippen LogP contribution in [-0.4, -0.2) is 53.3 Å². The summed E-state index contributed by atoms with van der Waals surface area (Å²) < 4.78 is 23.6. The third-order valence-electron chi connectivity index (χ3n) is 4.82. The van der Waals surface area contributed by atoms with Gasteiger partial charge in [-0.15, -0.1) is 0 Å². The molecule has 0 aromatic heterocycles. The number of benzene rings is 1. The topological polar surface area (TPSA) is 124 Å². The number of carbonyl (C=O) groups is 3. The smallest absolute Gasteiger partial charge is 0.250 e. The highest BCUT2D eigenvalue weighted by Gasteiger charge is 2.70. The number of hydrogen-bond acceptors (Lipinski definition) is 6. The lowest BCUT2D eigenvalue weighted by Gasteiger charge is -2.44. The quantitative estimate of drug-likeness (QED) is 0.629. The molecule has 1 aromatic rings. The fourth-order valence-electron chi connectivity index (χ4n) is 3.43. The molecule has 8 nitrogen and oxygen atoms in total. The summed E-state index contributed by atoms with van der Waals surface area (Å²) in [4.78, 5) is 36.6. The molecule has 3 atom stereocenters. The fraction of sp³-hybridized carbons (Fsp3) is 0.438. The largest absolute Gasteiger partial charge is 0.548 e. The molecule has 9 heteroatoms. The third kappa shape index (κ3) is 2.41. The molecule has 1 aromatic carbocycles. The number of rotatable bonds is 4. The molecule has 0 bridgehead atoms. The molecular formula is C16H17N2O6S-. The molecule has 2 saturated heterocycles. The van der Waals surface area contributed by atoms with E-state index in [9.17, 15) is 27.9 Å². The zero-order chi connectivity index (χ0) is 18.6. The Balaban J connectivity index is 1.81. The summed E-state index contributed by atoms with van der Waals surface area (Å²) >= 11 is 0. The lowest BCUT2D eigenvalue weighted by Crippen LogP contribution is -2.72. The van der Waals surface area contributed by atoms with Crippen LogP contribution in [0.15, 0.2) is 30.3 Å². The summed E-state index contributed by atoms with van der Waals surface area (Å²) in [6, 6.07) is 5.93. The van der Waals surface area contributed by atoms with Crippen molar-refractivity contribution < 1.29 is 27.9 Å². The summed E-state index contributed by atoms with van der Waals surface area (Å²) in [6.45, 7) is 2.49. The van der Waals surface area contributed by atoms with Gasteiger partial charge in [0.25, 0.3) is 0 Å². The number of carboxylic acid groups (broad SMARTS) is 1. The van der Waals surface area contributed by atoms with Crippen LogP contribution in [0.4, 0.5) is 0 Å². The van der Waals surface area contributed by atoms with E-state index in [1.807, 2.05) is 0 Å². The second kappa shape index (κ2) is 5.55. The van der Waals surface area contributed by atoms with Crippen LogP contribution >= 0.6 is 0 Å². The molecule has 1 N–H and O–H groups in total. The highest BCUT2D eigenvalue weighted by molar-refractivity contribution is 7.94. The minimum atomic E-state index is -3.99. The lowest BCUT2D eigenvalue weighted by molar-refractivity contribution is -0.312. The van der Waals surface area contributed by atoms with Gasteiger partial charge in [0.1, 0.15) is 6.04 Å². The average molecular weight is 365 g/mol. The number of amides is 2. The zero-order valence-corrected chi connectivity index (χ0v) is 14.4. The molecule has 3 rings (SSSR count). The second-order valence-corrected chi connectivity index (χ2v) is 9.34. The first-order valence-corrected chi connectivity index (χ1v) is 9.23. The van der Waals surface area contributed by atoms with Crippen molar-refractivity contribution >= 4 is 27.6 Å². The first-order chi connectivity index (χ1) is 11.6. The van der Waals surface area contributed by atoms with Crippen LogP contribution < -0.4 is 10.4 Å². The number of nitrogens with one attached hydrogen (secondary N) is 1. The van der Waals surface area contributed by atoms with Crippen molar-refractivity contribution in [3.05, 3.63) is 35.9 Å². The minimum absolute atomic E-state index is 0.00923. The number of sulfone groups is 1. The van der Waals surface area contributed by atoms with Crippen LogP contribution in [0.1, 0.15) is 19.4 Å². The molecule has 2 fully saturated rings. The Bertz CT molecular complexity index is 849. The van der Waals surface area contributed by atoms with Crippen LogP contribution in [0.3, 0.4) is 0 Å². The van der Waals surface area contributed by atoms with E-state index in [-0.39, 0.29) is 6.42 Å². The number of nitrogens with zero attached hydrogens (tertiary/aromatic N) is 1. The number of carbonyl (C=O) groups excluding carboxylic acids is 3. The molecule has 2 amide bonds. The molecule has 2 aliphatic heterocycles. The first-order valence-electron chi connectivity index (χ1n) is 7.69. The lowest BCUT2D eigenvalue weighted by atomic mass is 9.96. The van der Waals surface area contributed by atoms with Crippen molar-refractivity contribution in [2.75, 3.05) is 0 Å². The van der Waals surface area contributed by atoms with Crippen molar-refractivity contribution in [3.63, 3.8) is 0 Å². The van der Waals surface area contributed by atoms with Gasteiger partial charge in [-0.05, 0) is 19.4 Å². The first kappa shape index (κ1) is 17.4. The van der Waals surface area contributed by atoms with Gasteiger partial charge in [-0.2, -0.15) is 0 Å². The zero-order valence-electron chi connectivity index (χ0n) is 13.6. The van der Waals surface area contributed by atoms with Gasteiger partial charge in [0.15, 0.2) is 15.2 Å². The molecule has 134 valence electrons. The van der Waals surface area contributed by atoms with E-state index in [0.717, 1.165) is 4.90 Å². The van der Waals surface area contributed by atoms with Gasteiger partial charge in [0, 0.05) is 0 Å². The Morgan fingerprint density at radius 2 is 1.84 bits per heavy atom. The average Bonchev–Trinajstić information content (AvgIpc) is 2.67. The number of fused-ring (bicyclic) bond motifs is 1. The van der Waals surface area contributed by atoms with E-state index in [0.29, 0.717) is 5.56 Å². The van der Waals surface area contributed by atoms with Crippen LogP contribution in [0.5, 0.6) is 0 Å². The van der Waals surface area contributed by atoms with Gasteiger partial charge < -0.3 is 20.1 Å². The van der Waals surface area contributed by atoms with Crippen molar-refractivity contribution in [1.29, 1.82) is 0 Å². The van der Waals surface area contributed by atoms with Crippen LogP contribution in [0, 0.1) is 0 Å². The Labute approximate surface area is 144 Å². The van der Waals surface area contributed by atoms with Gasteiger partial charge in [-0.3, -0.25) is 9.59 Å². The minimum Gasteiger partial charge on any atom is -0.548 e. The predicted octanol–water partition coefficient (Wildman–Crippen LogP) is -1.79. The van der Waals surface area contributed by atoms with E-state index < -0.39 is 49.8 Å². The summed E-state index contributed by atoms with van der Waals surface area (Å²) in [5.74, 6) is -2.86. The number of β-lactam (4-membered cyclic amide) rings is 1. The fourth-order valence-corrected chi connectivity index (χ4v) is 5.64. The van der Waals surface area contributed by atoms with Gasteiger partial charge in [-0.25, -0.2) is 8.42 Å². The van der Waals surface area contributed by atoms with E-state index in [1.54, 1.807) is 30.3 Å². The molecule has 0 unspecified atom stereocenters. The molecule has 2 heterocycles. The summed E-state index contributed by atoms with van der Waals surface area (Å²) in [7, 11) is -3.99. The highest BCUT2D eigenvalue weighted by atomic mass is 32.2. The molecule has 0 aliphatic carbocycles. The molecule has 2 aliphatic rings. The van der Waals surface area contributed by atoms with Gasteiger partial charge >= 0.3 is 0 Å². The van der Waals surface area contributed by atoms with Crippen molar-refractivity contribution in [2.24, 2.45) is 0 Å². The number of hydrogen-bond donors (Lipinski definition) is 1. The Morgan fingerprint density at radius 3 is 2.40 bits per heavy atom. The number of carboxylic acids is 1. The Kier molecular flexibility index (Phi) is 3.86. The van der Waals surface area contributed by atoms with Crippen molar-refractivity contribution in [1.82, 2.24) is 10.2 Å². The normalized spacial score (nSPS) is 28.8. The molecular weight excluding hydrogens is 348 g/mol. The van der Waals surface area contributed by atoms with Gasteiger partial charge in [-0.1, -0.05) is 30.3 Å². The van der Waals surface area contributed by atoms with E-state index in [1.165, 1.54) is 13.8 Å². The van der Waals surface area contributed by atoms with Gasteiger partial charge in [0.2, 0.25) is 11.8 Å². The maximum Gasteiger partial charge on any atom is 0.250 e. The Hall–Kier alpha value is -2.42. The Morgan fingerprint density at radius 1 is 1.24 bits per heavy atom. The SMILES string of the molecule is CC1(C)[C@@H](C(=O)[O-])N2C(=O)[C@H](NC(=O)Cc3ccccc3)[C@@H]2S1(=O)=O. The van der Waals surface area contributed by atoms with E-state index >= 15 is 0 Å². The molecule has 0 spiro atoms. The van der Waals surface area contributed by atoms with Gasteiger partial charge in [0.05, 0.1) is 23.2 Å². The summed E-state index contributed by atoms with van der Waals surface area (Å²) in [5, 5.41) is 12.4. The van der Waals surface area contributed by atoms with Crippen molar-refractivity contribution in [3.8, 4) is 0 Å². The van der Waals surface area contributed by atoms with E-state index in [4.69, 9.17) is 0 Å². The summed E-state index contributed by atoms with van der Waals surface area (Å²) in [5.41, 5.74) is 0.714. The van der Waals surface area contributed by atoms with Crippen LogP contribution in [0.2, 0.25) is 0 Å². The van der Waals surface area contributed by atoms with Crippen LogP contribution in [0.25, 0.3) is 0 Å². The number of aliphatic carboxylic acids is 1. The maximum atomic E-state index is 12.7. The van der Waals surface area contributed by atoms with E-state index in [2.05, 4.69) is 5.32 Å². The second-order valence-electron chi connectivity index (χ2n) is 6.71. The third-order valence-corrected chi connectivity index (χ3v) is 7.64. The molecule has 0 saturated carbocycles. The highest BCUT2D eigenvalue weighted by Crippen LogP contribution is 2.45. The maximum absolute atomic E-state index is 12.7. The molecule has 0 radical (unpaired) electrons. The van der Waals surface area contributed by atoms with Crippen LogP contribution in [-0.2, 0) is 30.6 Å². The monoisotopic (exact) mass is 365 g/mol. The van der Waals surface area contributed by atoms with Crippen molar-refractivity contribution in [2.45, 2.75) is 42.5 Å². The summed E-state index contributed by atoms with van der Waals surface area (Å²) in [6.07, 6.45) is -0.00923.